The quantitative estimate of drug-likeness (QED) is 0.417. The van der Waals surface area contributed by atoms with Crippen molar-refractivity contribution in [3.8, 4) is 0 Å². The summed E-state index contributed by atoms with van der Waals surface area (Å²) >= 11 is 0. The van der Waals surface area contributed by atoms with E-state index in [9.17, 15) is 0 Å². The summed E-state index contributed by atoms with van der Waals surface area (Å²) in [7, 11) is 3.85. The van der Waals surface area contributed by atoms with Crippen LogP contribution in [0.2, 0.25) is 0 Å². The van der Waals surface area contributed by atoms with Gasteiger partial charge in [-0.05, 0) is 29.7 Å². The molecule has 0 aromatic heterocycles. The first-order valence-electron chi connectivity index (χ1n) is 8.62. The van der Waals surface area contributed by atoms with E-state index in [1.54, 1.807) is 0 Å². The van der Waals surface area contributed by atoms with Gasteiger partial charge < -0.3 is 10.6 Å². The van der Waals surface area contributed by atoms with Crippen LogP contribution in [0, 0.1) is 0 Å². The second-order valence-corrected chi connectivity index (χ2v) is 6.09. The molecular weight excluding hydrogens is 320 g/mol. The number of nitrogens with zero attached hydrogens (tertiary/aromatic N) is 2. The van der Waals surface area contributed by atoms with Crippen molar-refractivity contribution in [3.63, 3.8) is 0 Å². The Morgan fingerprint density at radius 1 is 0.615 bits per heavy atom. The Balaban J connectivity index is 1.79. The summed E-state index contributed by atoms with van der Waals surface area (Å²) in [5, 5.41) is 20.0. The third-order valence-electron chi connectivity index (χ3n) is 4.56. The Bertz CT molecular complexity index is 1120. The molecule has 0 spiro atoms. The highest BCUT2D eigenvalue weighted by atomic mass is 15.1. The summed E-state index contributed by atoms with van der Waals surface area (Å²) in [5.74, 6) is 0. The molecule has 0 aliphatic heterocycles. The van der Waals surface area contributed by atoms with Gasteiger partial charge in [0.1, 0.15) is 0 Å². The molecule has 0 fully saturated rings. The zero-order valence-corrected chi connectivity index (χ0v) is 14.8. The highest BCUT2D eigenvalue weighted by Gasteiger charge is 2.05. The maximum absolute atomic E-state index is 4.53. The molecule has 0 heterocycles. The molecule has 2 N–H and O–H groups in total. The fourth-order valence-corrected chi connectivity index (χ4v) is 3.27. The van der Waals surface area contributed by atoms with Gasteiger partial charge >= 0.3 is 0 Å². The lowest BCUT2D eigenvalue weighted by Crippen LogP contribution is -1.89. The van der Waals surface area contributed by atoms with Crippen LogP contribution in [0.5, 0.6) is 0 Å². The number of benzene rings is 4. The Labute approximate surface area is 152 Å². The molecule has 0 saturated heterocycles. The minimum absolute atomic E-state index is 0.829. The summed E-state index contributed by atoms with van der Waals surface area (Å²) in [5.41, 5.74) is 3.82. The molecule has 4 nitrogen and oxygen atoms in total. The van der Waals surface area contributed by atoms with E-state index in [1.807, 2.05) is 50.5 Å². The van der Waals surface area contributed by atoms with Gasteiger partial charge in [0.05, 0.1) is 11.4 Å². The van der Waals surface area contributed by atoms with Gasteiger partial charge in [-0.2, -0.15) is 5.11 Å². The van der Waals surface area contributed by atoms with E-state index < -0.39 is 0 Å². The fraction of sp³-hybridized carbons (Fsp3) is 0.0909. The summed E-state index contributed by atoms with van der Waals surface area (Å²) in [6.45, 7) is 0. The standard InChI is InChI=1S/C22H20N4/c1-23-20-11-5-10-19-18(20)9-6-12-21(19)26-25-16-13-15-7-3-4-8-17(15)22(14-16)24-2/h3-14,23-24H,1-2H3. The Kier molecular flexibility index (Phi) is 4.23. The molecule has 4 rings (SSSR count). The van der Waals surface area contributed by atoms with Crippen LogP contribution >= 0.6 is 0 Å². The van der Waals surface area contributed by atoms with Crippen molar-refractivity contribution in [2.24, 2.45) is 10.2 Å². The molecule has 0 atom stereocenters. The van der Waals surface area contributed by atoms with Crippen molar-refractivity contribution < 1.29 is 0 Å². The Hall–Kier alpha value is -3.40. The zero-order chi connectivity index (χ0) is 17.9. The molecule has 4 heteroatoms. The van der Waals surface area contributed by atoms with Gasteiger partial charge in [0.2, 0.25) is 0 Å². The van der Waals surface area contributed by atoms with Crippen molar-refractivity contribution in [2.45, 2.75) is 0 Å². The SMILES string of the molecule is CNc1cc(N=Nc2cccc3c(NC)cccc23)cc2ccccc12. The smallest absolute Gasteiger partial charge is 0.0936 e. The van der Waals surface area contributed by atoms with Crippen LogP contribution in [0.4, 0.5) is 22.7 Å². The van der Waals surface area contributed by atoms with E-state index in [2.05, 4.69) is 57.3 Å². The molecule has 0 unspecified atom stereocenters. The summed E-state index contributed by atoms with van der Waals surface area (Å²) in [6.07, 6.45) is 0. The topological polar surface area (TPSA) is 48.8 Å². The number of fused-ring (bicyclic) bond motifs is 2. The normalized spacial score (nSPS) is 11.3. The van der Waals surface area contributed by atoms with Gasteiger partial charge in [-0.1, -0.05) is 48.5 Å². The van der Waals surface area contributed by atoms with E-state index in [4.69, 9.17) is 0 Å². The highest BCUT2D eigenvalue weighted by molar-refractivity contribution is 6.00. The highest BCUT2D eigenvalue weighted by Crippen LogP contribution is 2.33. The predicted molar refractivity (Wildman–Crippen MR) is 111 cm³/mol. The minimum atomic E-state index is 0.829. The molecule has 0 radical (unpaired) electrons. The monoisotopic (exact) mass is 340 g/mol. The molecule has 0 bridgehead atoms. The maximum Gasteiger partial charge on any atom is 0.0936 e. The number of anilines is 2. The first-order chi connectivity index (χ1) is 12.8. The summed E-state index contributed by atoms with van der Waals surface area (Å²) in [4.78, 5) is 0. The molecule has 0 aliphatic carbocycles. The van der Waals surface area contributed by atoms with Crippen molar-refractivity contribution in [2.75, 3.05) is 24.7 Å². The van der Waals surface area contributed by atoms with Crippen LogP contribution in [0.25, 0.3) is 21.5 Å². The second kappa shape index (κ2) is 6.84. The van der Waals surface area contributed by atoms with E-state index in [0.717, 1.165) is 38.9 Å². The first kappa shape index (κ1) is 16.1. The lowest BCUT2D eigenvalue weighted by Gasteiger charge is -2.08. The number of hydrogen-bond donors (Lipinski definition) is 2. The van der Waals surface area contributed by atoms with E-state index >= 15 is 0 Å². The van der Waals surface area contributed by atoms with Gasteiger partial charge in [-0.15, -0.1) is 5.11 Å². The summed E-state index contributed by atoms with van der Waals surface area (Å²) in [6, 6.07) is 24.6. The molecule has 0 amide bonds. The van der Waals surface area contributed by atoms with Crippen LogP contribution in [0.3, 0.4) is 0 Å². The molecular formula is C22H20N4. The maximum atomic E-state index is 4.53. The van der Waals surface area contributed by atoms with Gasteiger partial charge in [0.25, 0.3) is 0 Å². The average Bonchev–Trinajstić information content (AvgIpc) is 2.71. The third-order valence-corrected chi connectivity index (χ3v) is 4.56. The minimum Gasteiger partial charge on any atom is -0.388 e. The van der Waals surface area contributed by atoms with Crippen molar-refractivity contribution in [1.29, 1.82) is 0 Å². The van der Waals surface area contributed by atoms with Crippen LogP contribution < -0.4 is 10.6 Å². The lowest BCUT2D eigenvalue weighted by molar-refractivity contribution is 1.24. The van der Waals surface area contributed by atoms with Gasteiger partial charge in [0.15, 0.2) is 0 Å². The van der Waals surface area contributed by atoms with Crippen LogP contribution in [0.1, 0.15) is 0 Å². The molecule has 128 valence electrons. The van der Waals surface area contributed by atoms with Crippen LogP contribution in [0.15, 0.2) is 83.0 Å². The Morgan fingerprint density at radius 2 is 1.35 bits per heavy atom. The first-order valence-corrected chi connectivity index (χ1v) is 8.62. The number of nitrogens with one attached hydrogen (secondary N) is 2. The number of azo groups is 1. The third kappa shape index (κ3) is 2.86. The molecule has 26 heavy (non-hydrogen) atoms. The van der Waals surface area contributed by atoms with Crippen molar-refractivity contribution in [3.05, 3.63) is 72.8 Å². The summed E-state index contributed by atoms with van der Waals surface area (Å²) < 4.78 is 0. The zero-order valence-electron chi connectivity index (χ0n) is 14.8. The van der Waals surface area contributed by atoms with Crippen molar-refractivity contribution >= 4 is 44.3 Å². The van der Waals surface area contributed by atoms with E-state index in [1.165, 1.54) is 5.39 Å². The van der Waals surface area contributed by atoms with E-state index in [0.29, 0.717) is 0 Å². The fourth-order valence-electron chi connectivity index (χ4n) is 3.27. The average molecular weight is 340 g/mol. The largest absolute Gasteiger partial charge is 0.388 e. The Morgan fingerprint density at radius 3 is 2.19 bits per heavy atom. The van der Waals surface area contributed by atoms with Gasteiger partial charge in [-0.25, -0.2) is 0 Å². The molecule has 4 aromatic carbocycles. The van der Waals surface area contributed by atoms with Crippen molar-refractivity contribution in [1.82, 2.24) is 0 Å². The van der Waals surface area contributed by atoms with Crippen LogP contribution in [-0.2, 0) is 0 Å². The second-order valence-electron chi connectivity index (χ2n) is 6.09. The van der Waals surface area contributed by atoms with E-state index in [-0.39, 0.29) is 0 Å². The number of rotatable bonds is 4. The van der Waals surface area contributed by atoms with Gasteiger partial charge in [-0.3, -0.25) is 0 Å². The lowest BCUT2D eigenvalue weighted by atomic mass is 10.1. The molecule has 4 aromatic rings. The van der Waals surface area contributed by atoms with Crippen LogP contribution in [-0.4, -0.2) is 14.1 Å². The van der Waals surface area contributed by atoms with Gasteiger partial charge in [0, 0.05) is 41.6 Å². The number of hydrogen-bond acceptors (Lipinski definition) is 4. The molecule has 0 aliphatic rings. The predicted octanol–water partition coefficient (Wildman–Crippen LogP) is 6.49. The molecule has 0 saturated carbocycles.